The number of halogens is 1. The lowest BCUT2D eigenvalue weighted by atomic mass is 9.84. The lowest BCUT2D eigenvalue weighted by molar-refractivity contribution is 0.610. The van der Waals surface area contributed by atoms with Crippen LogP contribution in [0.4, 0.5) is 4.39 Å². The molecule has 1 aliphatic carbocycles. The lowest BCUT2D eigenvalue weighted by Gasteiger charge is -2.17. The molecular weight excluding hydrogens is 164 g/mol. The first-order valence-corrected chi connectivity index (χ1v) is 4.30. The smallest absolute Gasteiger partial charge is 0.126 e. The Labute approximate surface area is 77.9 Å². The fourth-order valence-corrected chi connectivity index (χ4v) is 1.73. The molecule has 0 saturated heterocycles. The van der Waals surface area contributed by atoms with Gasteiger partial charge < -0.3 is 5.41 Å². The van der Waals surface area contributed by atoms with Crippen LogP contribution in [0.1, 0.15) is 17.5 Å². The molecule has 1 aromatic carbocycles. The zero-order valence-corrected chi connectivity index (χ0v) is 7.23. The van der Waals surface area contributed by atoms with Gasteiger partial charge in [-0.15, -0.1) is 0 Å². The van der Waals surface area contributed by atoms with Crippen LogP contribution >= 0.6 is 0 Å². The zero-order chi connectivity index (χ0) is 9.42. The van der Waals surface area contributed by atoms with Gasteiger partial charge in [-0.2, -0.15) is 0 Å². The van der Waals surface area contributed by atoms with E-state index in [1.165, 1.54) is 6.07 Å². The third kappa shape index (κ3) is 1.51. The summed E-state index contributed by atoms with van der Waals surface area (Å²) in [6, 6.07) is 3.14. The third-order valence-corrected chi connectivity index (χ3v) is 2.40. The number of hydrogen-bond donors (Lipinski definition) is 1. The summed E-state index contributed by atoms with van der Waals surface area (Å²) in [5.74, 6) is -0.264. The molecule has 2 radical (unpaired) electrons. The Bertz CT molecular complexity index is 373. The number of nitrogens with one attached hydrogen (secondary N) is 1. The van der Waals surface area contributed by atoms with E-state index in [1.807, 2.05) is 6.07 Å². The minimum Gasteiger partial charge on any atom is -0.309 e. The molecule has 1 N–H and O–H groups in total. The predicted molar refractivity (Wildman–Crippen MR) is 51.5 cm³/mol. The first-order valence-electron chi connectivity index (χ1n) is 4.30. The molecule has 0 atom stereocenters. The standard InChI is InChI=1S/C10H9BFN/c11-7-3-6-1-2-8(13)5-9(6)10(12)4-7/h3-4,13H,1-2,5H2. The van der Waals surface area contributed by atoms with Crippen LogP contribution in [0.3, 0.4) is 0 Å². The van der Waals surface area contributed by atoms with Crippen molar-refractivity contribution in [3.05, 3.63) is 29.1 Å². The number of aryl methyl sites for hydroxylation is 1. The van der Waals surface area contributed by atoms with Gasteiger partial charge in [-0.25, -0.2) is 4.39 Å². The van der Waals surface area contributed by atoms with Crippen molar-refractivity contribution in [2.75, 3.05) is 0 Å². The molecule has 3 heteroatoms. The van der Waals surface area contributed by atoms with Crippen LogP contribution in [0.15, 0.2) is 12.1 Å². The molecule has 13 heavy (non-hydrogen) atoms. The van der Waals surface area contributed by atoms with Crippen molar-refractivity contribution in [2.45, 2.75) is 19.3 Å². The quantitative estimate of drug-likeness (QED) is 0.568. The number of fused-ring (bicyclic) bond motifs is 1. The molecule has 0 aliphatic heterocycles. The van der Waals surface area contributed by atoms with Gasteiger partial charge in [-0.1, -0.05) is 11.5 Å². The number of benzene rings is 1. The fourth-order valence-electron chi connectivity index (χ4n) is 1.73. The fraction of sp³-hybridized carbons (Fsp3) is 0.300. The van der Waals surface area contributed by atoms with Crippen molar-refractivity contribution in [2.24, 2.45) is 0 Å². The van der Waals surface area contributed by atoms with E-state index < -0.39 is 0 Å². The minimum absolute atomic E-state index is 0.264. The second-order valence-corrected chi connectivity index (χ2v) is 3.42. The van der Waals surface area contributed by atoms with Gasteiger partial charge in [-0.05, 0) is 30.0 Å². The van der Waals surface area contributed by atoms with E-state index in [0.717, 1.165) is 18.4 Å². The second-order valence-electron chi connectivity index (χ2n) is 3.42. The van der Waals surface area contributed by atoms with E-state index in [0.29, 0.717) is 23.2 Å². The van der Waals surface area contributed by atoms with E-state index in [-0.39, 0.29) is 5.82 Å². The highest BCUT2D eigenvalue weighted by atomic mass is 19.1. The van der Waals surface area contributed by atoms with Crippen LogP contribution in [0.2, 0.25) is 0 Å². The van der Waals surface area contributed by atoms with Crippen LogP contribution in [-0.2, 0) is 12.8 Å². The monoisotopic (exact) mass is 173 g/mol. The molecule has 64 valence electrons. The molecule has 0 bridgehead atoms. The summed E-state index contributed by atoms with van der Waals surface area (Å²) in [6.45, 7) is 0. The summed E-state index contributed by atoms with van der Waals surface area (Å²) >= 11 is 0. The van der Waals surface area contributed by atoms with Crippen LogP contribution in [-0.4, -0.2) is 13.6 Å². The average molecular weight is 173 g/mol. The van der Waals surface area contributed by atoms with Crippen LogP contribution in [0.25, 0.3) is 0 Å². The van der Waals surface area contributed by atoms with Crippen LogP contribution in [0.5, 0.6) is 0 Å². The van der Waals surface area contributed by atoms with E-state index in [4.69, 9.17) is 13.3 Å². The maximum absolute atomic E-state index is 13.3. The minimum atomic E-state index is -0.264. The topological polar surface area (TPSA) is 23.9 Å². The summed E-state index contributed by atoms with van der Waals surface area (Å²) in [7, 11) is 5.52. The highest BCUT2D eigenvalue weighted by Gasteiger charge is 2.16. The Morgan fingerprint density at radius 3 is 2.85 bits per heavy atom. The summed E-state index contributed by atoms with van der Waals surface area (Å²) in [4.78, 5) is 0. The van der Waals surface area contributed by atoms with Gasteiger partial charge in [0.25, 0.3) is 0 Å². The van der Waals surface area contributed by atoms with Crippen molar-refractivity contribution < 1.29 is 4.39 Å². The molecule has 0 saturated carbocycles. The van der Waals surface area contributed by atoms with Crippen LogP contribution < -0.4 is 5.46 Å². The van der Waals surface area contributed by atoms with Crippen LogP contribution in [0, 0.1) is 11.2 Å². The third-order valence-electron chi connectivity index (χ3n) is 2.40. The zero-order valence-electron chi connectivity index (χ0n) is 7.23. The normalized spacial score (nSPS) is 15.6. The van der Waals surface area contributed by atoms with E-state index in [9.17, 15) is 4.39 Å². The molecule has 1 aliphatic rings. The molecule has 2 rings (SSSR count). The number of rotatable bonds is 0. The van der Waals surface area contributed by atoms with Crippen molar-refractivity contribution in [1.82, 2.24) is 0 Å². The van der Waals surface area contributed by atoms with Gasteiger partial charge in [-0.3, -0.25) is 0 Å². The molecule has 0 fully saturated rings. The Kier molecular flexibility index (Phi) is 1.95. The average Bonchev–Trinajstić information content (AvgIpc) is 2.06. The first kappa shape index (κ1) is 8.48. The van der Waals surface area contributed by atoms with Crippen molar-refractivity contribution in [1.29, 1.82) is 5.41 Å². The molecule has 0 unspecified atom stereocenters. The van der Waals surface area contributed by atoms with Gasteiger partial charge in [0.05, 0.1) is 0 Å². The van der Waals surface area contributed by atoms with Gasteiger partial charge in [0.15, 0.2) is 0 Å². The van der Waals surface area contributed by atoms with Gasteiger partial charge >= 0.3 is 0 Å². The second kappa shape index (κ2) is 2.98. The Morgan fingerprint density at radius 1 is 1.31 bits per heavy atom. The highest BCUT2D eigenvalue weighted by molar-refractivity contribution is 6.32. The summed E-state index contributed by atoms with van der Waals surface area (Å²) in [6.07, 6.45) is 1.92. The van der Waals surface area contributed by atoms with Crippen molar-refractivity contribution in [3.63, 3.8) is 0 Å². The maximum atomic E-state index is 13.3. The number of hydrogen-bond acceptors (Lipinski definition) is 1. The summed E-state index contributed by atoms with van der Waals surface area (Å²) < 4.78 is 13.3. The summed E-state index contributed by atoms with van der Waals surface area (Å²) in [5, 5.41) is 7.47. The maximum Gasteiger partial charge on any atom is 0.126 e. The van der Waals surface area contributed by atoms with E-state index in [1.54, 1.807) is 0 Å². The van der Waals surface area contributed by atoms with E-state index in [2.05, 4.69) is 0 Å². The Hall–Kier alpha value is -1.12. The Balaban J connectivity index is 2.53. The van der Waals surface area contributed by atoms with Gasteiger partial charge in [0.1, 0.15) is 13.7 Å². The molecular formula is C10H9BFN. The van der Waals surface area contributed by atoms with E-state index >= 15 is 0 Å². The van der Waals surface area contributed by atoms with Gasteiger partial charge in [0, 0.05) is 12.1 Å². The molecule has 0 aromatic heterocycles. The SMILES string of the molecule is [B]c1cc(F)c2c(c1)CCC(=N)C2. The lowest BCUT2D eigenvalue weighted by Crippen LogP contribution is -2.18. The molecule has 0 spiro atoms. The molecule has 0 heterocycles. The van der Waals surface area contributed by atoms with Gasteiger partial charge in [0.2, 0.25) is 0 Å². The Morgan fingerprint density at radius 2 is 2.08 bits per heavy atom. The largest absolute Gasteiger partial charge is 0.309 e. The highest BCUT2D eigenvalue weighted by Crippen LogP contribution is 2.20. The predicted octanol–water partition coefficient (Wildman–Crippen LogP) is 1.13. The first-order chi connectivity index (χ1) is 6.16. The van der Waals surface area contributed by atoms with Crippen molar-refractivity contribution in [3.8, 4) is 0 Å². The molecule has 1 aromatic rings. The molecule has 0 amide bonds. The summed E-state index contributed by atoms with van der Waals surface area (Å²) in [5.41, 5.74) is 2.71. The van der Waals surface area contributed by atoms with Crippen molar-refractivity contribution >= 4 is 19.0 Å². The molecule has 1 nitrogen and oxygen atoms in total.